The third kappa shape index (κ3) is 7.43. The van der Waals surface area contributed by atoms with E-state index in [1.807, 2.05) is 34.0 Å². The number of benzene rings is 16. The van der Waals surface area contributed by atoms with Crippen molar-refractivity contribution in [2.75, 3.05) is 9.80 Å². The molecule has 16 aromatic carbocycles. The summed E-state index contributed by atoms with van der Waals surface area (Å²) >= 11 is 5.54. The molecule has 0 fully saturated rings. The van der Waals surface area contributed by atoms with Gasteiger partial charge in [-0.1, -0.05) is 194 Å². The zero-order chi connectivity index (χ0) is 68.1. The van der Waals surface area contributed by atoms with Gasteiger partial charge in [-0.05, 0) is 210 Å². The second kappa shape index (κ2) is 20.6. The lowest BCUT2D eigenvalue weighted by Gasteiger charge is -2.32. The van der Waals surface area contributed by atoms with Crippen LogP contribution in [0.25, 0.3) is 149 Å². The average molecular weight is 1390 g/mol. The Balaban J connectivity index is 0.628. The van der Waals surface area contributed by atoms with E-state index < -0.39 is 10.8 Å². The lowest BCUT2D eigenvalue weighted by atomic mass is 9.70. The summed E-state index contributed by atoms with van der Waals surface area (Å²) in [6.07, 6.45) is 0. The molecule has 4 aliphatic carbocycles. The van der Waals surface area contributed by atoms with Gasteiger partial charge in [-0.15, -0.1) is 34.0 Å². The van der Waals surface area contributed by atoms with E-state index in [1.165, 1.54) is 139 Å². The van der Waals surface area contributed by atoms with Crippen molar-refractivity contribution >= 4 is 173 Å². The zero-order valence-corrected chi connectivity index (χ0v) is 58.6. The maximum Gasteiger partial charge on any atom is 0.137 e. The van der Waals surface area contributed by atoms with Gasteiger partial charge in [-0.3, -0.25) is 0 Å². The summed E-state index contributed by atoms with van der Waals surface area (Å²) < 4.78 is 21.9. The van der Waals surface area contributed by atoms with Crippen molar-refractivity contribution < 1.29 is 8.83 Å². The Bertz CT molecular complexity index is 6910. The first-order valence-electron chi connectivity index (χ1n) is 36.0. The van der Waals surface area contributed by atoms with Crippen LogP contribution in [0, 0.1) is 0 Å². The van der Waals surface area contributed by atoms with Gasteiger partial charge in [0.1, 0.15) is 22.3 Å². The maximum atomic E-state index is 7.16. The summed E-state index contributed by atoms with van der Waals surface area (Å²) in [5.41, 5.74) is 29.6. The molecule has 4 aliphatic rings. The second-order valence-corrected chi connectivity index (χ2v) is 32.1. The molecule has 4 nitrogen and oxygen atoms in total. The number of thiophene rings is 3. The van der Waals surface area contributed by atoms with E-state index in [0.717, 1.165) is 88.8 Å². The first-order valence-corrected chi connectivity index (χ1v) is 38.4. The molecule has 0 unspecified atom stereocenters. The molecular weight excluding hydrogens is 1330 g/mol. The van der Waals surface area contributed by atoms with Gasteiger partial charge >= 0.3 is 0 Å². The zero-order valence-electron chi connectivity index (χ0n) is 56.1. The Morgan fingerprint density at radius 3 is 0.848 bits per heavy atom. The van der Waals surface area contributed by atoms with E-state index in [4.69, 9.17) is 8.83 Å². The number of rotatable bonds is 6. The minimum atomic E-state index is -0.492. The first-order chi connectivity index (χ1) is 52.0. The highest BCUT2D eigenvalue weighted by molar-refractivity contribution is 7.26. The standard InChI is InChI=1S/C98H54N2O2S3/c1-9-25-79-61(17-1)62-18-2-10-26-80(62)97(79)83-29-13-5-21-65(83)67-39-33-57(47-85(67)97)99(55-37-43-93-75(45-55)71-23-7-15-31-91(71)103-93)59-35-41-69-73-53-95-77(51-89(73)101-87(69)49-59)78-52-90-74(54-96(78)105-95)70-42-36-60(50-88(70)102-90)100(56-38-44-94-76(46-56)72-24-8-16-32-92(72)104-94)58-34-40-68-66-22-6-14-30-84(66)98(86(68)48-58)81-27-11-3-19-63(81)64-20-4-12-28-82(64)98/h1-54H. The van der Waals surface area contributed by atoms with Crippen LogP contribution in [-0.2, 0) is 10.8 Å². The van der Waals surface area contributed by atoms with E-state index in [1.54, 1.807) is 0 Å². The SMILES string of the molecule is c1ccc2c(c1)-c1ccccc1C21c2ccccc2-c2ccc(N(c3ccc4c(c3)oc3cc5c(cc34)sc3cc4c(cc35)oc3cc(N(c5ccc6c(c5)C5(c7ccccc7-c7ccccc75)c5ccccc5-6)c5ccc6sc7ccccc7c6c5)ccc34)c3ccc4sc5ccccc5c4c3)cc21. The van der Waals surface area contributed by atoms with Crippen LogP contribution in [0.4, 0.5) is 34.1 Å². The Kier molecular flexibility index (Phi) is 11.2. The van der Waals surface area contributed by atoms with Crippen molar-refractivity contribution in [1.82, 2.24) is 0 Å². The van der Waals surface area contributed by atoms with Crippen molar-refractivity contribution in [2.24, 2.45) is 0 Å². The Morgan fingerprint density at radius 2 is 0.457 bits per heavy atom. The third-order valence-electron chi connectivity index (χ3n) is 23.9. The molecule has 0 saturated heterocycles. The van der Waals surface area contributed by atoms with Gasteiger partial charge in [-0.2, -0.15) is 0 Å². The van der Waals surface area contributed by atoms with E-state index in [-0.39, 0.29) is 0 Å². The summed E-state index contributed by atoms with van der Waals surface area (Å²) in [5.74, 6) is 0. The topological polar surface area (TPSA) is 32.8 Å². The van der Waals surface area contributed by atoms with Gasteiger partial charge < -0.3 is 18.6 Å². The third-order valence-corrected chi connectivity index (χ3v) is 27.3. The number of fused-ring (bicyclic) bond motifs is 35. The minimum absolute atomic E-state index is 0.492. The number of hydrogen-bond donors (Lipinski definition) is 0. The molecule has 0 bridgehead atoms. The largest absolute Gasteiger partial charge is 0.456 e. The van der Waals surface area contributed by atoms with Crippen molar-refractivity contribution in [1.29, 1.82) is 0 Å². The molecule has 0 saturated carbocycles. The predicted molar refractivity (Wildman–Crippen MR) is 442 cm³/mol. The number of furan rings is 2. The van der Waals surface area contributed by atoms with Crippen molar-refractivity contribution in [3.05, 3.63) is 372 Å². The van der Waals surface area contributed by atoms with Crippen LogP contribution >= 0.6 is 34.0 Å². The van der Waals surface area contributed by atoms with Gasteiger partial charge in [0, 0.05) is 128 Å². The highest BCUT2D eigenvalue weighted by Gasteiger charge is 2.53. The molecule has 5 heterocycles. The summed E-state index contributed by atoms with van der Waals surface area (Å²) in [6.45, 7) is 0. The molecule has 0 amide bonds. The van der Waals surface area contributed by atoms with E-state index in [9.17, 15) is 0 Å². The van der Waals surface area contributed by atoms with E-state index in [2.05, 4.69) is 337 Å². The van der Waals surface area contributed by atoms with E-state index in [0.29, 0.717) is 0 Å². The highest BCUT2D eigenvalue weighted by Crippen LogP contribution is 2.66. The quantitative estimate of drug-likeness (QED) is 0.166. The van der Waals surface area contributed by atoms with Crippen LogP contribution in [0.15, 0.2) is 336 Å². The number of hydrogen-bond acceptors (Lipinski definition) is 7. The fourth-order valence-electron chi connectivity index (χ4n) is 19.6. The highest BCUT2D eigenvalue weighted by atomic mass is 32.1. The maximum absolute atomic E-state index is 7.16. The molecule has 0 aliphatic heterocycles. The van der Waals surface area contributed by atoms with Gasteiger partial charge in [0.05, 0.1) is 10.8 Å². The van der Waals surface area contributed by atoms with Gasteiger partial charge in [0.25, 0.3) is 0 Å². The molecule has 0 radical (unpaired) electrons. The van der Waals surface area contributed by atoms with E-state index >= 15 is 0 Å². The van der Waals surface area contributed by atoms with Crippen molar-refractivity contribution in [3.63, 3.8) is 0 Å². The lowest BCUT2D eigenvalue weighted by Crippen LogP contribution is -2.26. The van der Waals surface area contributed by atoms with Gasteiger partial charge in [0.15, 0.2) is 0 Å². The van der Waals surface area contributed by atoms with Crippen LogP contribution in [0.5, 0.6) is 0 Å². The summed E-state index contributed by atoms with van der Waals surface area (Å²) in [5, 5.41) is 11.7. The molecule has 0 atom stereocenters. The average Bonchev–Trinajstić information content (AvgIpc) is 1.51. The molecule has 21 aromatic rings. The lowest BCUT2D eigenvalue weighted by molar-refractivity contribution is 0.669. The molecule has 5 aromatic heterocycles. The first kappa shape index (κ1) is 57.0. The Morgan fingerprint density at radius 1 is 0.181 bits per heavy atom. The Hall–Kier alpha value is -12.6. The molecule has 105 heavy (non-hydrogen) atoms. The van der Waals surface area contributed by atoms with Crippen LogP contribution in [0.1, 0.15) is 44.5 Å². The summed E-state index contributed by atoms with van der Waals surface area (Å²) in [6, 6.07) is 123. The predicted octanol–water partition coefficient (Wildman–Crippen LogP) is 28.2. The fraction of sp³-hybridized carbons (Fsp3) is 0.0204. The van der Waals surface area contributed by atoms with Crippen LogP contribution < -0.4 is 9.80 Å². The Labute approximate surface area is 614 Å². The minimum Gasteiger partial charge on any atom is -0.456 e. The van der Waals surface area contributed by atoms with Crippen LogP contribution in [0.3, 0.4) is 0 Å². The van der Waals surface area contributed by atoms with Crippen LogP contribution in [0.2, 0.25) is 0 Å². The normalized spacial score (nSPS) is 13.9. The van der Waals surface area contributed by atoms with Crippen LogP contribution in [-0.4, -0.2) is 0 Å². The number of anilines is 6. The molecule has 25 rings (SSSR count). The fourth-order valence-corrected chi connectivity index (χ4v) is 22.9. The van der Waals surface area contributed by atoms with Gasteiger partial charge in [-0.25, -0.2) is 0 Å². The second-order valence-electron chi connectivity index (χ2n) is 28.8. The molecule has 486 valence electrons. The van der Waals surface area contributed by atoms with Crippen molar-refractivity contribution in [2.45, 2.75) is 10.8 Å². The molecule has 7 heteroatoms. The van der Waals surface area contributed by atoms with Gasteiger partial charge in [0.2, 0.25) is 0 Å². The molecule has 0 N–H and O–H groups in total. The molecular formula is C98H54N2O2S3. The molecule has 2 spiro atoms. The summed E-state index contributed by atoms with van der Waals surface area (Å²) in [7, 11) is 0. The summed E-state index contributed by atoms with van der Waals surface area (Å²) in [4.78, 5) is 4.91. The van der Waals surface area contributed by atoms with Crippen molar-refractivity contribution in [3.8, 4) is 44.5 Å². The number of nitrogens with zero attached hydrogens (tertiary/aromatic N) is 2. The monoisotopic (exact) mass is 1390 g/mol. The smallest absolute Gasteiger partial charge is 0.137 e.